The average molecular weight is 367 g/mol. The lowest BCUT2D eigenvalue weighted by Crippen LogP contribution is -2.55. The summed E-state index contributed by atoms with van der Waals surface area (Å²) >= 11 is 0. The summed E-state index contributed by atoms with van der Waals surface area (Å²) in [4.78, 5) is 38.9. The minimum Gasteiger partial charge on any atom is -0.392 e. The molecule has 2 aliphatic rings. The van der Waals surface area contributed by atoms with E-state index >= 15 is 0 Å². The molecule has 0 spiro atoms. The normalized spacial score (nSPS) is 30.0. The smallest absolute Gasteiger partial charge is 0.229 e. The Bertz CT molecular complexity index is 542. The highest BCUT2D eigenvalue weighted by Crippen LogP contribution is 2.36. The first kappa shape index (κ1) is 21.0. The van der Waals surface area contributed by atoms with Crippen LogP contribution in [0.4, 0.5) is 0 Å². The summed E-state index contributed by atoms with van der Waals surface area (Å²) in [5.74, 6) is -0.469. The molecule has 0 radical (unpaired) electrons. The number of aliphatic hydroxyl groups excluding tert-OH is 1. The van der Waals surface area contributed by atoms with Crippen LogP contribution in [0.25, 0.3) is 0 Å². The summed E-state index contributed by atoms with van der Waals surface area (Å²) in [5, 5.41) is 10.6. The highest BCUT2D eigenvalue weighted by atomic mass is 16.3. The maximum absolute atomic E-state index is 12.6. The molecule has 1 aliphatic heterocycles. The zero-order valence-electron chi connectivity index (χ0n) is 16.5. The van der Waals surface area contributed by atoms with Gasteiger partial charge in [0.15, 0.2) is 0 Å². The largest absolute Gasteiger partial charge is 0.392 e. The lowest BCUT2D eigenvalue weighted by atomic mass is 9.71. The second kappa shape index (κ2) is 8.17. The highest BCUT2D eigenvalue weighted by Gasteiger charge is 2.43. The van der Waals surface area contributed by atoms with Crippen molar-refractivity contribution in [2.24, 2.45) is 29.4 Å². The maximum Gasteiger partial charge on any atom is 0.229 e. The van der Waals surface area contributed by atoms with Crippen molar-refractivity contribution in [3.8, 4) is 0 Å². The van der Waals surface area contributed by atoms with Crippen molar-refractivity contribution in [3.63, 3.8) is 0 Å². The number of amides is 2. The number of carbonyl (C=O) groups is 3. The first-order valence-electron chi connectivity index (χ1n) is 9.84. The Kier molecular flexibility index (Phi) is 6.61. The number of piperidine rings is 1. The van der Waals surface area contributed by atoms with Crippen molar-refractivity contribution >= 4 is 17.6 Å². The van der Waals surface area contributed by atoms with E-state index in [0.29, 0.717) is 31.7 Å². The van der Waals surface area contributed by atoms with Crippen LogP contribution in [0.1, 0.15) is 66.2 Å². The number of aliphatic hydroxyl groups is 1. The van der Waals surface area contributed by atoms with Crippen LogP contribution in [0.15, 0.2) is 0 Å². The molecule has 26 heavy (non-hydrogen) atoms. The van der Waals surface area contributed by atoms with E-state index in [-0.39, 0.29) is 48.2 Å². The Balaban J connectivity index is 2.01. The standard InChI is InChI=1S/C20H34N2O4/c1-12-7-13(2)19(26)15(8-12)16(23)9-14-10-17(24)22(18(25)11-14)20(3,4)5-6-21/h12-16,23H,5-11,21H2,1-4H3/t12-,13?,15?,16+/m0/s1. The van der Waals surface area contributed by atoms with Crippen molar-refractivity contribution in [2.45, 2.75) is 77.9 Å². The number of ketones is 1. The first-order chi connectivity index (χ1) is 12.1. The lowest BCUT2D eigenvalue weighted by Gasteiger charge is -2.42. The molecule has 4 atom stereocenters. The fourth-order valence-corrected chi connectivity index (χ4v) is 4.78. The van der Waals surface area contributed by atoms with Crippen LogP contribution in [0.5, 0.6) is 0 Å². The third-order valence-electron chi connectivity index (χ3n) is 6.09. The monoisotopic (exact) mass is 366 g/mol. The molecule has 2 unspecified atom stereocenters. The van der Waals surface area contributed by atoms with Crippen LogP contribution in [0.3, 0.4) is 0 Å². The molecule has 1 aliphatic carbocycles. The van der Waals surface area contributed by atoms with Crippen LogP contribution in [-0.2, 0) is 14.4 Å². The zero-order valence-corrected chi connectivity index (χ0v) is 16.5. The fraction of sp³-hybridized carbons (Fsp3) is 0.850. The Morgan fingerprint density at radius 1 is 1.15 bits per heavy atom. The van der Waals surface area contributed by atoms with Gasteiger partial charge in [-0.15, -0.1) is 0 Å². The van der Waals surface area contributed by atoms with E-state index in [1.165, 1.54) is 4.90 Å². The van der Waals surface area contributed by atoms with Crippen LogP contribution < -0.4 is 5.73 Å². The van der Waals surface area contributed by atoms with Gasteiger partial charge in [-0.05, 0) is 57.9 Å². The molecule has 2 fully saturated rings. The van der Waals surface area contributed by atoms with Gasteiger partial charge >= 0.3 is 0 Å². The van der Waals surface area contributed by atoms with Crippen LogP contribution >= 0.6 is 0 Å². The molecule has 1 saturated carbocycles. The quantitative estimate of drug-likeness (QED) is 0.699. The molecule has 1 heterocycles. The molecule has 0 bridgehead atoms. The number of hydrogen-bond donors (Lipinski definition) is 2. The Labute approximate surface area is 156 Å². The molecule has 6 nitrogen and oxygen atoms in total. The van der Waals surface area contributed by atoms with E-state index in [2.05, 4.69) is 6.92 Å². The summed E-state index contributed by atoms with van der Waals surface area (Å²) < 4.78 is 0. The number of Topliss-reactive ketones (excluding diaryl/α,β-unsaturated/α-hetero) is 1. The molecule has 0 aromatic rings. The van der Waals surface area contributed by atoms with Crippen LogP contribution in [0.2, 0.25) is 0 Å². The molecular formula is C20H34N2O4. The second-order valence-electron chi connectivity index (χ2n) is 9.04. The Hall–Kier alpha value is -1.27. The number of hydrogen-bond acceptors (Lipinski definition) is 5. The van der Waals surface area contributed by atoms with Gasteiger partial charge in [0.1, 0.15) is 5.78 Å². The summed E-state index contributed by atoms with van der Waals surface area (Å²) in [7, 11) is 0. The van der Waals surface area contributed by atoms with Crippen LogP contribution in [-0.4, -0.2) is 45.8 Å². The molecule has 0 aromatic carbocycles. The van der Waals surface area contributed by atoms with E-state index in [0.717, 1.165) is 6.42 Å². The van der Waals surface area contributed by atoms with Crippen molar-refractivity contribution in [2.75, 3.05) is 6.54 Å². The van der Waals surface area contributed by atoms with Gasteiger partial charge in [0.25, 0.3) is 0 Å². The predicted octanol–water partition coefficient (Wildman–Crippen LogP) is 1.88. The summed E-state index contributed by atoms with van der Waals surface area (Å²) in [5.41, 5.74) is 5.02. The number of rotatable bonds is 6. The number of imide groups is 1. The van der Waals surface area contributed by atoms with Gasteiger partial charge in [-0.1, -0.05) is 13.8 Å². The topological polar surface area (TPSA) is 101 Å². The molecule has 6 heteroatoms. The highest BCUT2D eigenvalue weighted by molar-refractivity contribution is 5.98. The SMILES string of the molecule is CC1C[C@H](C)CC([C@H](O)CC2CC(=O)N(C(C)(C)CCN)C(=O)C2)C1=O. The van der Waals surface area contributed by atoms with Crippen LogP contribution in [0, 0.1) is 23.7 Å². The van der Waals surface area contributed by atoms with Gasteiger partial charge in [-0.2, -0.15) is 0 Å². The second-order valence-corrected chi connectivity index (χ2v) is 9.04. The van der Waals surface area contributed by atoms with Gasteiger partial charge < -0.3 is 10.8 Å². The van der Waals surface area contributed by atoms with Gasteiger partial charge in [-0.25, -0.2) is 0 Å². The van der Waals surface area contributed by atoms with Gasteiger partial charge in [0.2, 0.25) is 11.8 Å². The summed E-state index contributed by atoms with van der Waals surface area (Å²) in [6.07, 6.45) is 2.15. The maximum atomic E-state index is 12.6. The molecule has 0 aromatic heterocycles. The minimum absolute atomic E-state index is 0.0272. The zero-order chi connectivity index (χ0) is 19.6. The van der Waals surface area contributed by atoms with Crippen molar-refractivity contribution in [3.05, 3.63) is 0 Å². The Morgan fingerprint density at radius 2 is 1.73 bits per heavy atom. The van der Waals surface area contributed by atoms with E-state index in [9.17, 15) is 19.5 Å². The van der Waals surface area contributed by atoms with Gasteiger partial charge in [-0.3, -0.25) is 19.3 Å². The number of likely N-dealkylation sites (tertiary alicyclic amines) is 1. The molecule has 3 N–H and O–H groups in total. The third kappa shape index (κ3) is 4.52. The first-order valence-corrected chi connectivity index (χ1v) is 9.84. The third-order valence-corrected chi connectivity index (χ3v) is 6.09. The van der Waals surface area contributed by atoms with E-state index in [1.807, 2.05) is 20.8 Å². The minimum atomic E-state index is -0.776. The summed E-state index contributed by atoms with van der Waals surface area (Å²) in [6, 6.07) is 0. The van der Waals surface area contributed by atoms with Crippen molar-refractivity contribution in [1.29, 1.82) is 0 Å². The fourth-order valence-electron chi connectivity index (χ4n) is 4.78. The van der Waals surface area contributed by atoms with E-state index < -0.39 is 11.6 Å². The predicted molar refractivity (Wildman–Crippen MR) is 99.0 cm³/mol. The van der Waals surface area contributed by atoms with Gasteiger partial charge in [0, 0.05) is 30.2 Å². The van der Waals surface area contributed by atoms with Gasteiger partial charge in [0.05, 0.1) is 6.10 Å². The molecule has 2 amide bonds. The molecule has 2 rings (SSSR count). The molecule has 148 valence electrons. The Morgan fingerprint density at radius 3 is 2.27 bits per heavy atom. The molecular weight excluding hydrogens is 332 g/mol. The average Bonchev–Trinajstić information content (AvgIpc) is 2.49. The van der Waals surface area contributed by atoms with E-state index in [4.69, 9.17) is 5.73 Å². The van der Waals surface area contributed by atoms with E-state index in [1.54, 1.807) is 0 Å². The number of nitrogens with zero attached hydrogens (tertiary/aromatic N) is 1. The number of nitrogens with two attached hydrogens (primary N) is 1. The van der Waals surface area contributed by atoms with Crippen molar-refractivity contribution in [1.82, 2.24) is 4.90 Å². The lowest BCUT2D eigenvalue weighted by molar-refractivity contribution is -0.157. The summed E-state index contributed by atoms with van der Waals surface area (Å²) in [6.45, 7) is 8.14. The molecule has 1 saturated heterocycles. The number of carbonyl (C=O) groups excluding carboxylic acids is 3. The van der Waals surface area contributed by atoms with Crippen molar-refractivity contribution < 1.29 is 19.5 Å².